The molecule has 5 heteroatoms. The van der Waals surface area contributed by atoms with Crippen LogP contribution >= 0.6 is 0 Å². The average molecular weight is 635 g/mol. The molecule has 2 atom stereocenters. The summed E-state index contributed by atoms with van der Waals surface area (Å²) in [5, 5.41) is 6.73. The highest BCUT2D eigenvalue weighted by Crippen LogP contribution is 2.47. The zero-order chi connectivity index (χ0) is 32.7. The number of aliphatic imine (C=N–C) groups is 2. The van der Waals surface area contributed by atoms with E-state index < -0.39 is 5.66 Å². The molecule has 7 aromatic rings. The van der Waals surface area contributed by atoms with Gasteiger partial charge in [-0.1, -0.05) is 116 Å². The molecule has 0 saturated carbocycles. The zero-order valence-electron chi connectivity index (χ0n) is 27.2. The molecule has 1 aliphatic heterocycles. The molecule has 3 heterocycles. The average Bonchev–Trinajstić information content (AvgIpc) is 3.54. The van der Waals surface area contributed by atoms with Crippen molar-refractivity contribution in [2.75, 3.05) is 0 Å². The van der Waals surface area contributed by atoms with Gasteiger partial charge in [0.2, 0.25) is 11.4 Å². The topological polar surface area (TPSA) is 79.7 Å². The SMILES string of the molecule is CC1C=CC(C2=NC2(N=C(N)c2cccc3c(-c4cc5c([nH]4)oc4ccc6ccccc6c45)cccc23)c2ccc3c(c2)C=CCC3)=CC1. The first-order chi connectivity index (χ1) is 24.1. The van der Waals surface area contributed by atoms with E-state index in [4.69, 9.17) is 20.1 Å². The van der Waals surface area contributed by atoms with Gasteiger partial charge >= 0.3 is 0 Å². The first kappa shape index (κ1) is 28.1. The Balaban J connectivity index is 1.09. The Morgan fingerprint density at radius 3 is 2.69 bits per heavy atom. The number of nitrogens with two attached hydrogens (primary N) is 1. The monoisotopic (exact) mass is 634 g/mol. The van der Waals surface area contributed by atoms with Gasteiger partial charge in [-0.05, 0) is 81.6 Å². The van der Waals surface area contributed by atoms with E-state index in [2.05, 4.69) is 139 Å². The second-order valence-electron chi connectivity index (χ2n) is 13.6. The number of aromatic amines is 1. The van der Waals surface area contributed by atoms with Gasteiger partial charge in [-0.2, -0.15) is 0 Å². The van der Waals surface area contributed by atoms with E-state index in [0.717, 1.165) is 85.8 Å². The van der Waals surface area contributed by atoms with Crippen LogP contribution in [0.3, 0.4) is 0 Å². The van der Waals surface area contributed by atoms with Gasteiger partial charge in [-0.3, -0.25) is 0 Å². The molecule has 5 aromatic carbocycles. The molecule has 0 spiro atoms. The Hall–Kier alpha value is -5.94. The maximum atomic E-state index is 7.03. The molecule has 3 aliphatic rings. The standard InChI is InChI=1S/C44H34N4O/c1-26-16-18-29(19-17-26)41-44(47-41,31-22-20-27-8-2-3-10-30(27)24-31)48-42(45)36-15-7-12-33-34(36)13-6-14-35(33)38-25-37-40-32-11-5-4-9-28(32)21-23-39(40)49-43(37)46-38/h3-7,9-16,18-26,46H,2,8,17H2,1H3,(H2,45,48). The van der Waals surface area contributed by atoms with E-state index in [1.165, 1.54) is 21.9 Å². The normalized spacial score (nSPS) is 20.3. The van der Waals surface area contributed by atoms with Gasteiger partial charge < -0.3 is 15.1 Å². The highest BCUT2D eigenvalue weighted by atomic mass is 16.3. The van der Waals surface area contributed by atoms with Crippen LogP contribution in [-0.4, -0.2) is 16.5 Å². The quantitative estimate of drug-likeness (QED) is 0.146. The van der Waals surface area contributed by atoms with Crippen LogP contribution in [0.1, 0.15) is 42.0 Å². The maximum absolute atomic E-state index is 7.03. The number of nitrogens with zero attached hydrogens (tertiary/aromatic N) is 2. The molecule has 3 N–H and O–H groups in total. The number of furan rings is 1. The van der Waals surface area contributed by atoms with Gasteiger partial charge in [0, 0.05) is 33.2 Å². The number of aryl methyl sites for hydroxylation is 1. The number of nitrogens with one attached hydrogen (secondary N) is 1. The number of hydrogen-bond donors (Lipinski definition) is 2. The van der Waals surface area contributed by atoms with Gasteiger partial charge in [0.1, 0.15) is 11.4 Å². The number of benzene rings is 5. The Morgan fingerprint density at radius 2 is 1.78 bits per heavy atom. The third kappa shape index (κ3) is 4.39. The largest absolute Gasteiger partial charge is 0.440 e. The summed E-state index contributed by atoms with van der Waals surface area (Å²) in [7, 11) is 0. The van der Waals surface area contributed by atoms with E-state index in [1.54, 1.807) is 0 Å². The van der Waals surface area contributed by atoms with Crippen LogP contribution in [0, 0.1) is 5.92 Å². The molecule has 10 rings (SSSR count). The van der Waals surface area contributed by atoms with Crippen LogP contribution in [0.4, 0.5) is 0 Å². The van der Waals surface area contributed by atoms with Crippen molar-refractivity contribution < 1.29 is 4.42 Å². The summed E-state index contributed by atoms with van der Waals surface area (Å²) in [4.78, 5) is 14.0. The molecule has 2 aromatic heterocycles. The molecule has 0 saturated heterocycles. The van der Waals surface area contributed by atoms with Crippen molar-refractivity contribution in [2.45, 2.75) is 31.8 Å². The molecule has 2 unspecified atom stereocenters. The van der Waals surface area contributed by atoms with Crippen LogP contribution in [0.5, 0.6) is 0 Å². The summed E-state index contributed by atoms with van der Waals surface area (Å²) in [6.45, 7) is 2.24. The molecule has 0 radical (unpaired) electrons. The lowest BCUT2D eigenvalue weighted by Gasteiger charge is -2.19. The third-order valence-corrected chi connectivity index (χ3v) is 10.5. The van der Waals surface area contributed by atoms with Crippen molar-refractivity contribution in [3.05, 3.63) is 149 Å². The summed E-state index contributed by atoms with van der Waals surface area (Å²) < 4.78 is 6.32. The maximum Gasteiger partial charge on any atom is 0.221 e. The van der Waals surface area contributed by atoms with Crippen molar-refractivity contribution in [3.63, 3.8) is 0 Å². The summed E-state index contributed by atoms with van der Waals surface area (Å²) in [5.41, 5.74) is 16.6. The zero-order valence-corrected chi connectivity index (χ0v) is 27.2. The molecule has 0 fully saturated rings. The fraction of sp³-hybridized carbons (Fsp3) is 0.136. The fourth-order valence-electron chi connectivity index (χ4n) is 7.86. The smallest absolute Gasteiger partial charge is 0.221 e. The number of aromatic nitrogens is 1. The number of hydrogen-bond acceptors (Lipinski definition) is 3. The third-order valence-electron chi connectivity index (χ3n) is 10.5. The second kappa shape index (κ2) is 10.5. The van der Waals surface area contributed by atoms with Crippen molar-refractivity contribution in [2.24, 2.45) is 21.6 Å². The lowest BCUT2D eigenvalue weighted by molar-refractivity contribution is 0.656. The minimum absolute atomic E-state index is 0.473. The molecule has 2 aliphatic carbocycles. The Morgan fingerprint density at radius 1 is 0.898 bits per heavy atom. The molecular weight excluding hydrogens is 601 g/mol. The minimum Gasteiger partial charge on any atom is -0.440 e. The lowest BCUT2D eigenvalue weighted by Crippen LogP contribution is -2.23. The Labute approximate surface area is 283 Å². The van der Waals surface area contributed by atoms with Crippen molar-refractivity contribution in [3.8, 4) is 11.3 Å². The number of amidine groups is 1. The molecular formula is C44H34N4O. The van der Waals surface area contributed by atoms with Gasteiger partial charge in [-0.25, -0.2) is 9.98 Å². The number of fused-ring (bicyclic) bond motifs is 7. The fourth-order valence-corrected chi connectivity index (χ4v) is 7.86. The molecule has 5 nitrogen and oxygen atoms in total. The predicted octanol–water partition coefficient (Wildman–Crippen LogP) is 10.4. The van der Waals surface area contributed by atoms with Crippen LogP contribution < -0.4 is 5.73 Å². The molecule has 0 bridgehead atoms. The van der Waals surface area contributed by atoms with E-state index in [1.807, 2.05) is 0 Å². The first-order valence-corrected chi connectivity index (χ1v) is 17.2. The van der Waals surface area contributed by atoms with Gasteiger partial charge in [-0.15, -0.1) is 0 Å². The lowest BCUT2D eigenvalue weighted by atomic mass is 9.89. The molecule has 0 amide bonds. The molecule has 49 heavy (non-hydrogen) atoms. The first-order valence-electron chi connectivity index (χ1n) is 17.2. The van der Waals surface area contributed by atoms with Gasteiger partial charge in [0.25, 0.3) is 0 Å². The van der Waals surface area contributed by atoms with E-state index >= 15 is 0 Å². The second-order valence-corrected chi connectivity index (χ2v) is 13.6. The van der Waals surface area contributed by atoms with Crippen LogP contribution in [0.15, 0.2) is 141 Å². The predicted molar refractivity (Wildman–Crippen MR) is 203 cm³/mol. The van der Waals surface area contributed by atoms with E-state index in [0.29, 0.717) is 11.8 Å². The van der Waals surface area contributed by atoms with Crippen LogP contribution in [-0.2, 0) is 12.1 Å². The number of H-pyrrole nitrogens is 1. The van der Waals surface area contributed by atoms with Crippen molar-refractivity contribution >= 4 is 61.2 Å². The highest BCUT2D eigenvalue weighted by molar-refractivity contribution is 6.22. The van der Waals surface area contributed by atoms with Crippen molar-refractivity contribution in [1.29, 1.82) is 0 Å². The summed E-state index contributed by atoms with van der Waals surface area (Å²) in [6.07, 6.45) is 14.3. The Kier molecular flexibility index (Phi) is 6.04. The number of rotatable bonds is 5. The highest BCUT2D eigenvalue weighted by Gasteiger charge is 2.51. The van der Waals surface area contributed by atoms with E-state index in [9.17, 15) is 0 Å². The van der Waals surface area contributed by atoms with Gasteiger partial charge in [0.05, 0.1) is 5.71 Å². The number of allylic oxidation sites excluding steroid dienone is 4. The van der Waals surface area contributed by atoms with Crippen LogP contribution in [0.25, 0.3) is 60.9 Å². The Bertz CT molecular complexity index is 2680. The minimum atomic E-state index is -0.839. The summed E-state index contributed by atoms with van der Waals surface area (Å²) >= 11 is 0. The van der Waals surface area contributed by atoms with E-state index in [-0.39, 0.29) is 0 Å². The van der Waals surface area contributed by atoms with Gasteiger partial charge in [0.15, 0.2) is 0 Å². The molecule has 236 valence electrons. The van der Waals surface area contributed by atoms with Crippen LogP contribution in [0.2, 0.25) is 0 Å². The summed E-state index contributed by atoms with van der Waals surface area (Å²) in [6, 6.07) is 34.2. The van der Waals surface area contributed by atoms with Crippen molar-refractivity contribution in [1.82, 2.24) is 4.98 Å². The summed E-state index contributed by atoms with van der Waals surface area (Å²) in [5.74, 6) is 0.993.